The molecule has 1 amide bonds. The van der Waals surface area contributed by atoms with Crippen LogP contribution in [0.25, 0.3) is 0 Å². The van der Waals surface area contributed by atoms with E-state index in [1.807, 2.05) is 30.3 Å². The van der Waals surface area contributed by atoms with Crippen LogP contribution in [0.15, 0.2) is 30.3 Å². The fraction of sp³-hybridized carbons (Fsp3) is 0.611. The van der Waals surface area contributed by atoms with Gasteiger partial charge in [0, 0.05) is 6.04 Å². The van der Waals surface area contributed by atoms with Gasteiger partial charge in [-0.1, -0.05) is 49.6 Å². The number of nitrogens with one attached hydrogen (secondary N) is 1. The predicted octanol–water partition coefficient (Wildman–Crippen LogP) is 3.47. The van der Waals surface area contributed by atoms with Gasteiger partial charge in [0.2, 0.25) is 5.91 Å². The summed E-state index contributed by atoms with van der Waals surface area (Å²) in [5, 5.41) is 3.47. The summed E-state index contributed by atoms with van der Waals surface area (Å²) < 4.78 is 0. The second kappa shape index (κ2) is 6.18. The molecule has 3 nitrogen and oxygen atoms in total. The number of amides is 1. The molecule has 1 heterocycles. The van der Waals surface area contributed by atoms with Crippen molar-refractivity contribution >= 4 is 5.91 Å². The summed E-state index contributed by atoms with van der Waals surface area (Å²) in [6.45, 7) is 4.35. The fourth-order valence-electron chi connectivity index (χ4n) is 4.01. The molecule has 0 spiro atoms. The van der Waals surface area contributed by atoms with Crippen molar-refractivity contribution in [3.05, 3.63) is 35.9 Å². The van der Waals surface area contributed by atoms with Crippen LogP contribution in [0.5, 0.6) is 0 Å². The Labute approximate surface area is 127 Å². The van der Waals surface area contributed by atoms with Crippen LogP contribution in [0.2, 0.25) is 0 Å². The van der Waals surface area contributed by atoms with Gasteiger partial charge in [0.1, 0.15) is 6.04 Å². The quantitative estimate of drug-likeness (QED) is 0.922. The number of rotatable bonds is 3. The van der Waals surface area contributed by atoms with Crippen LogP contribution in [0.1, 0.15) is 57.6 Å². The minimum Gasteiger partial charge on any atom is -0.323 e. The standard InChI is InChI=1S/C18H26N2O/c1-13(15-9-5-3-6-10-15)20-14(2)19-17(18(20)21)16-11-7-4-8-12-16/h4,7-8,11-15,17,19H,3,5-6,9-10H2,1-2H3. The lowest BCUT2D eigenvalue weighted by Crippen LogP contribution is -2.45. The van der Waals surface area contributed by atoms with Gasteiger partial charge in [-0.2, -0.15) is 0 Å². The smallest absolute Gasteiger partial charge is 0.245 e. The lowest BCUT2D eigenvalue weighted by Gasteiger charge is -2.36. The van der Waals surface area contributed by atoms with Crippen molar-refractivity contribution in [1.82, 2.24) is 10.2 Å². The molecule has 1 saturated carbocycles. The van der Waals surface area contributed by atoms with Crippen LogP contribution >= 0.6 is 0 Å². The highest BCUT2D eigenvalue weighted by Gasteiger charge is 2.41. The third kappa shape index (κ3) is 2.84. The number of hydrogen-bond donors (Lipinski definition) is 1. The average molecular weight is 286 g/mol. The Morgan fingerprint density at radius 1 is 1.14 bits per heavy atom. The highest BCUT2D eigenvalue weighted by molar-refractivity contribution is 5.85. The van der Waals surface area contributed by atoms with E-state index in [1.165, 1.54) is 32.1 Å². The predicted molar refractivity (Wildman–Crippen MR) is 84.7 cm³/mol. The van der Waals surface area contributed by atoms with E-state index < -0.39 is 0 Å². The van der Waals surface area contributed by atoms with Crippen molar-refractivity contribution in [3.63, 3.8) is 0 Å². The molecule has 1 aromatic carbocycles. The number of carbonyl (C=O) groups is 1. The zero-order valence-electron chi connectivity index (χ0n) is 13.1. The van der Waals surface area contributed by atoms with Gasteiger partial charge in [-0.25, -0.2) is 0 Å². The topological polar surface area (TPSA) is 32.3 Å². The van der Waals surface area contributed by atoms with E-state index in [1.54, 1.807) is 0 Å². The Hall–Kier alpha value is -1.35. The molecule has 0 aromatic heterocycles. The first-order valence-electron chi connectivity index (χ1n) is 8.31. The molecule has 0 radical (unpaired) electrons. The van der Waals surface area contributed by atoms with Crippen molar-refractivity contribution in [2.24, 2.45) is 5.92 Å². The maximum absolute atomic E-state index is 12.9. The van der Waals surface area contributed by atoms with Gasteiger partial charge in [0.15, 0.2) is 0 Å². The minimum absolute atomic E-state index is 0.125. The highest BCUT2D eigenvalue weighted by Crippen LogP contribution is 2.33. The Morgan fingerprint density at radius 3 is 2.48 bits per heavy atom. The number of hydrogen-bond acceptors (Lipinski definition) is 2. The molecule has 114 valence electrons. The SMILES string of the molecule is CC1NC(c2ccccc2)C(=O)N1C(C)C1CCCCC1. The Kier molecular flexibility index (Phi) is 4.29. The normalized spacial score (nSPS) is 28.9. The number of nitrogens with zero attached hydrogens (tertiary/aromatic N) is 1. The summed E-state index contributed by atoms with van der Waals surface area (Å²) in [6.07, 6.45) is 6.67. The lowest BCUT2D eigenvalue weighted by molar-refractivity contribution is -0.133. The molecular weight excluding hydrogens is 260 g/mol. The molecule has 1 N–H and O–H groups in total. The van der Waals surface area contributed by atoms with Crippen molar-refractivity contribution in [1.29, 1.82) is 0 Å². The molecule has 3 unspecified atom stereocenters. The Balaban J connectivity index is 1.75. The van der Waals surface area contributed by atoms with Crippen LogP contribution in [0, 0.1) is 5.92 Å². The Bertz CT molecular complexity index is 481. The minimum atomic E-state index is -0.174. The molecule has 21 heavy (non-hydrogen) atoms. The molecule has 1 aromatic rings. The van der Waals surface area contributed by atoms with Crippen molar-refractivity contribution in [2.75, 3.05) is 0 Å². The summed E-state index contributed by atoms with van der Waals surface area (Å²) in [6, 6.07) is 10.2. The van der Waals surface area contributed by atoms with Crippen molar-refractivity contribution < 1.29 is 4.79 Å². The number of carbonyl (C=O) groups excluding carboxylic acids is 1. The molecule has 1 aliphatic heterocycles. The van der Waals surface area contributed by atoms with Crippen LogP contribution < -0.4 is 5.32 Å². The second-order valence-electron chi connectivity index (χ2n) is 6.57. The maximum Gasteiger partial charge on any atom is 0.245 e. The molecule has 3 heteroatoms. The van der Waals surface area contributed by atoms with Crippen LogP contribution in [0.3, 0.4) is 0 Å². The van der Waals surface area contributed by atoms with Crippen LogP contribution in [-0.4, -0.2) is 23.0 Å². The first-order valence-corrected chi connectivity index (χ1v) is 8.31. The van der Waals surface area contributed by atoms with Gasteiger partial charge >= 0.3 is 0 Å². The molecule has 2 aliphatic rings. The largest absolute Gasteiger partial charge is 0.323 e. The monoisotopic (exact) mass is 286 g/mol. The molecule has 2 fully saturated rings. The summed E-state index contributed by atoms with van der Waals surface area (Å²) in [7, 11) is 0. The summed E-state index contributed by atoms with van der Waals surface area (Å²) >= 11 is 0. The van der Waals surface area contributed by atoms with Crippen molar-refractivity contribution in [2.45, 2.75) is 64.2 Å². The fourth-order valence-corrected chi connectivity index (χ4v) is 4.01. The third-order valence-corrected chi connectivity index (χ3v) is 5.23. The van der Waals surface area contributed by atoms with E-state index in [0.717, 1.165) is 5.56 Å². The van der Waals surface area contributed by atoms with Crippen LogP contribution in [0.4, 0.5) is 0 Å². The van der Waals surface area contributed by atoms with Gasteiger partial charge in [-0.15, -0.1) is 0 Å². The molecular formula is C18H26N2O. The van der Waals surface area contributed by atoms with Gasteiger partial charge in [-0.05, 0) is 38.2 Å². The van der Waals surface area contributed by atoms with E-state index in [-0.39, 0.29) is 18.1 Å². The highest BCUT2D eigenvalue weighted by atomic mass is 16.2. The van der Waals surface area contributed by atoms with Crippen LogP contribution in [-0.2, 0) is 4.79 Å². The number of benzene rings is 1. The van der Waals surface area contributed by atoms with Gasteiger partial charge in [0.25, 0.3) is 0 Å². The molecule has 3 atom stereocenters. The molecule has 3 rings (SSSR count). The van der Waals surface area contributed by atoms with Gasteiger partial charge < -0.3 is 4.90 Å². The summed E-state index contributed by atoms with van der Waals surface area (Å²) in [5.74, 6) is 0.910. The van der Waals surface area contributed by atoms with E-state index in [9.17, 15) is 4.79 Å². The summed E-state index contributed by atoms with van der Waals surface area (Å²) in [4.78, 5) is 15.0. The zero-order valence-corrected chi connectivity index (χ0v) is 13.1. The lowest BCUT2D eigenvalue weighted by atomic mass is 9.84. The average Bonchev–Trinajstić information content (AvgIpc) is 2.83. The maximum atomic E-state index is 12.9. The summed E-state index contributed by atoms with van der Waals surface area (Å²) in [5.41, 5.74) is 1.08. The molecule has 1 aliphatic carbocycles. The van der Waals surface area contributed by atoms with Gasteiger partial charge in [0.05, 0.1) is 6.17 Å². The molecule has 0 bridgehead atoms. The van der Waals surface area contributed by atoms with E-state index in [2.05, 4.69) is 24.1 Å². The van der Waals surface area contributed by atoms with Gasteiger partial charge in [-0.3, -0.25) is 10.1 Å². The van der Waals surface area contributed by atoms with E-state index >= 15 is 0 Å². The molecule has 1 saturated heterocycles. The third-order valence-electron chi connectivity index (χ3n) is 5.23. The first-order chi connectivity index (χ1) is 10.2. The van der Waals surface area contributed by atoms with Crippen molar-refractivity contribution in [3.8, 4) is 0 Å². The first kappa shape index (κ1) is 14.6. The second-order valence-corrected chi connectivity index (χ2v) is 6.57. The zero-order chi connectivity index (χ0) is 14.8. The van der Waals surface area contributed by atoms with E-state index in [4.69, 9.17) is 0 Å². The van der Waals surface area contributed by atoms with E-state index in [0.29, 0.717) is 12.0 Å². The Morgan fingerprint density at radius 2 is 1.81 bits per heavy atom.